The second kappa shape index (κ2) is 6.27. The lowest BCUT2D eigenvalue weighted by Crippen LogP contribution is -2.03. The summed E-state index contributed by atoms with van der Waals surface area (Å²) in [4.78, 5) is 12.5. The maximum absolute atomic E-state index is 12.5. The summed E-state index contributed by atoms with van der Waals surface area (Å²) in [6.45, 7) is 0. The molecule has 7 nitrogen and oxygen atoms in total. The Balaban J connectivity index is 2.28. The number of methoxy groups -OCH3 is 3. The van der Waals surface area contributed by atoms with Crippen molar-refractivity contribution in [3.63, 3.8) is 0 Å². The molecule has 0 radical (unpaired) electrons. The summed E-state index contributed by atoms with van der Waals surface area (Å²) in [6, 6.07) is 7.31. The van der Waals surface area contributed by atoms with E-state index in [-0.39, 0.29) is 39.7 Å². The summed E-state index contributed by atoms with van der Waals surface area (Å²) in [6.07, 6.45) is 0. The first kappa shape index (κ1) is 16.5. The van der Waals surface area contributed by atoms with Crippen LogP contribution in [0, 0.1) is 0 Å². The van der Waals surface area contributed by atoms with Crippen LogP contribution in [0.1, 0.15) is 0 Å². The molecule has 0 atom stereocenters. The number of phenols is 2. The summed E-state index contributed by atoms with van der Waals surface area (Å²) < 4.78 is 21.0. The van der Waals surface area contributed by atoms with Gasteiger partial charge in [-0.2, -0.15) is 0 Å². The molecule has 1 aromatic heterocycles. The molecule has 0 saturated carbocycles. The molecule has 0 aliphatic heterocycles. The summed E-state index contributed by atoms with van der Waals surface area (Å²) in [5.41, 5.74) is 0.272. The van der Waals surface area contributed by atoms with Crippen LogP contribution >= 0.6 is 0 Å². The molecule has 2 aromatic carbocycles. The highest BCUT2D eigenvalue weighted by Gasteiger charge is 2.19. The number of benzene rings is 2. The van der Waals surface area contributed by atoms with Crippen LogP contribution in [0.2, 0.25) is 0 Å². The molecule has 25 heavy (non-hydrogen) atoms. The topological polar surface area (TPSA) is 98.4 Å². The molecule has 0 spiro atoms. The van der Waals surface area contributed by atoms with Crippen molar-refractivity contribution in [2.24, 2.45) is 0 Å². The molecule has 0 unspecified atom stereocenters. The molecule has 3 aromatic rings. The maximum atomic E-state index is 12.5. The van der Waals surface area contributed by atoms with Crippen LogP contribution in [0.5, 0.6) is 28.7 Å². The lowest BCUT2D eigenvalue weighted by molar-refractivity contribution is 0.342. The van der Waals surface area contributed by atoms with E-state index in [0.717, 1.165) is 0 Å². The minimum Gasteiger partial charge on any atom is -0.504 e. The van der Waals surface area contributed by atoms with Gasteiger partial charge in [0.2, 0.25) is 5.75 Å². The van der Waals surface area contributed by atoms with Gasteiger partial charge >= 0.3 is 0 Å². The van der Waals surface area contributed by atoms with Crippen molar-refractivity contribution in [1.29, 1.82) is 0 Å². The highest BCUT2D eigenvalue weighted by Crippen LogP contribution is 2.42. The lowest BCUT2D eigenvalue weighted by atomic mass is 10.1. The molecule has 1 heterocycles. The van der Waals surface area contributed by atoms with Gasteiger partial charge in [0.05, 0.1) is 21.3 Å². The van der Waals surface area contributed by atoms with E-state index >= 15 is 0 Å². The first-order valence-corrected chi connectivity index (χ1v) is 7.29. The van der Waals surface area contributed by atoms with Gasteiger partial charge in [0.15, 0.2) is 28.4 Å². The number of ether oxygens (including phenoxy) is 3. The SMILES string of the molecule is COc1ccc(-c2cc(=O)c3c(OC)c(O)c(OC)cc3o2)cc1O. The molecule has 7 heteroatoms. The Bertz CT molecular complexity index is 1000. The molecule has 0 saturated heterocycles. The fourth-order valence-electron chi connectivity index (χ4n) is 2.59. The molecule has 0 aliphatic carbocycles. The van der Waals surface area contributed by atoms with E-state index in [1.54, 1.807) is 12.1 Å². The van der Waals surface area contributed by atoms with Gasteiger partial charge in [0.1, 0.15) is 16.7 Å². The fraction of sp³-hybridized carbons (Fsp3) is 0.167. The molecular formula is C18H16O7. The number of aromatic hydroxyl groups is 2. The molecule has 130 valence electrons. The van der Waals surface area contributed by atoms with Crippen molar-refractivity contribution in [1.82, 2.24) is 0 Å². The number of hydrogen-bond acceptors (Lipinski definition) is 7. The predicted octanol–water partition coefficient (Wildman–Crippen LogP) is 2.90. The van der Waals surface area contributed by atoms with Crippen LogP contribution in [0.15, 0.2) is 39.5 Å². The normalized spacial score (nSPS) is 10.7. The number of phenolic OH excluding ortho intramolecular Hbond substituents is 2. The zero-order chi connectivity index (χ0) is 18.1. The molecule has 0 bridgehead atoms. The van der Waals surface area contributed by atoms with Gasteiger partial charge in [0.25, 0.3) is 0 Å². The third kappa shape index (κ3) is 2.69. The van der Waals surface area contributed by atoms with E-state index in [2.05, 4.69) is 0 Å². The van der Waals surface area contributed by atoms with Crippen molar-refractivity contribution in [3.05, 3.63) is 40.6 Å². The van der Waals surface area contributed by atoms with Crippen molar-refractivity contribution >= 4 is 11.0 Å². The third-order valence-electron chi connectivity index (χ3n) is 3.80. The van der Waals surface area contributed by atoms with Crippen molar-refractivity contribution in [2.45, 2.75) is 0 Å². The van der Waals surface area contributed by atoms with Crippen molar-refractivity contribution in [3.8, 4) is 40.1 Å². The first-order chi connectivity index (χ1) is 12.0. The van der Waals surface area contributed by atoms with E-state index in [1.165, 1.54) is 39.5 Å². The second-order valence-electron chi connectivity index (χ2n) is 5.20. The second-order valence-corrected chi connectivity index (χ2v) is 5.20. The van der Waals surface area contributed by atoms with E-state index < -0.39 is 5.43 Å². The Morgan fingerprint density at radius 3 is 2.24 bits per heavy atom. The summed E-state index contributed by atoms with van der Waals surface area (Å²) >= 11 is 0. The van der Waals surface area contributed by atoms with Crippen molar-refractivity contribution < 1.29 is 28.8 Å². The van der Waals surface area contributed by atoms with Crippen LogP contribution in [0.3, 0.4) is 0 Å². The lowest BCUT2D eigenvalue weighted by Gasteiger charge is -2.12. The zero-order valence-corrected chi connectivity index (χ0v) is 13.8. The van der Waals surface area contributed by atoms with Gasteiger partial charge in [-0.1, -0.05) is 0 Å². The van der Waals surface area contributed by atoms with E-state index in [1.807, 2.05) is 0 Å². The van der Waals surface area contributed by atoms with Gasteiger partial charge < -0.3 is 28.8 Å². The molecule has 0 amide bonds. The molecule has 0 fully saturated rings. The average Bonchev–Trinajstić information content (AvgIpc) is 2.61. The van der Waals surface area contributed by atoms with Gasteiger partial charge in [-0.05, 0) is 18.2 Å². The summed E-state index contributed by atoms with van der Waals surface area (Å²) in [7, 11) is 4.16. The minimum absolute atomic E-state index is 0.0211. The molecule has 2 N–H and O–H groups in total. The monoisotopic (exact) mass is 344 g/mol. The smallest absolute Gasteiger partial charge is 0.201 e. The zero-order valence-electron chi connectivity index (χ0n) is 13.8. The molecule has 0 aliphatic rings. The minimum atomic E-state index is -0.402. The Hall–Kier alpha value is -3.35. The fourth-order valence-corrected chi connectivity index (χ4v) is 2.59. The summed E-state index contributed by atoms with van der Waals surface area (Å²) in [5, 5.41) is 20.1. The van der Waals surface area contributed by atoms with Crippen LogP contribution < -0.4 is 19.6 Å². The van der Waals surface area contributed by atoms with Gasteiger partial charge in [-0.25, -0.2) is 0 Å². The Labute approximate surface area is 142 Å². The Kier molecular flexibility index (Phi) is 4.14. The Morgan fingerprint density at radius 2 is 1.64 bits per heavy atom. The quantitative estimate of drug-likeness (QED) is 0.751. The molecular weight excluding hydrogens is 328 g/mol. The number of rotatable bonds is 4. The van der Waals surface area contributed by atoms with Gasteiger partial charge in [-0.15, -0.1) is 0 Å². The van der Waals surface area contributed by atoms with E-state index in [9.17, 15) is 15.0 Å². The van der Waals surface area contributed by atoms with Gasteiger partial charge in [-0.3, -0.25) is 4.79 Å². The number of hydrogen-bond donors (Lipinski definition) is 2. The van der Waals surface area contributed by atoms with Crippen LogP contribution in [-0.4, -0.2) is 31.5 Å². The van der Waals surface area contributed by atoms with E-state index in [4.69, 9.17) is 18.6 Å². The van der Waals surface area contributed by atoms with Gasteiger partial charge in [0, 0.05) is 17.7 Å². The van der Waals surface area contributed by atoms with E-state index in [0.29, 0.717) is 11.3 Å². The Morgan fingerprint density at radius 1 is 0.920 bits per heavy atom. The predicted molar refractivity (Wildman–Crippen MR) is 90.9 cm³/mol. The highest BCUT2D eigenvalue weighted by atomic mass is 16.5. The highest BCUT2D eigenvalue weighted by molar-refractivity contribution is 5.89. The molecule has 3 rings (SSSR count). The van der Waals surface area contributed by atoms with Crippen LogP contribution in [0.4, 0.5) is 0 Å². The van der Waals surface area contributed by atoms with Crippen LogP contribution in [0.25, 0.3) is 22.3 Å². The number of fused-ring (bicyclic) bond motifs is 1. The third-order valence-corrected chi connectivity index (χ3v) is 3.80. The largest absolute Gasteiger partial charge is 0.504 e. The standard InChI is InChI=1S/C18H16O7/c1-22-12-5-4-9(6-10(12)19)13-7-11(20)16-14(25-13)8-15(23-2)17(21)18(16)24-3/h4-8,19,21H,1-3H3. The maximum Gasteiger partial charge on any atom is 0.201 e. The average molecular weight is 344 g/mol. The van der Waals surface area contributed by atoms with Crippen LogP contribution in [-0.2, 0) is 0 Å². The first-order valence-electron chi connectivity index (χ1n) is 7.29. The summed E-state index contributed by atoms with van der Waals surface area (Å²) in [5.74, 6) is 0.281. The van der Waals surface area contributed by atoms with Crippen molar-refractivity contribution in [2.75, 3.05) is 21.3 Å².